The molecule has 0 aromatic rings. The first kappa shape index (κ1) is 57.3. The van der Waals surface area contributed by atoms with E-state index in [-0.39, 0.29) is 0 Å². The van der Waals surface area contributed by atoms with Gasteiger partial charge in [-0.1, -0.05) is 266 Å². The van der Waals surface area contributed by atoms with Crippen molar-refractivity contribution in [2.45, 2.75) is 266 Å². The van der Waals surface area contributed by atoms with Crippen LogP contribution in [0.25, 0.3) is 0 Å². The third-order valence-corrected chi connectivity index (χ3v) is 8.97. The van der Waals surface area contributed by atoms with E-state index in [0.717, 1.165) is 23.7 Å². The molecule has 0 amide bonds. The predicted molar refractivity (Wildman–Crippen MR) is 220 cm³/mol. The molecule has 0 radical (unpaired) electrons. The van der Waals surface area contributed by atoms with Crippen molar-refractivity contribution >= 4 is 0 Å². The lowest BCUT2D eigenvalue weighted by atomic mass is 9.82. The molecular weight excluding hydrogens is 540 g/mol. The van der Waals surface area contributed by atoms with Gasteiger partial charge in [-0.25, -0.2) is 0 Å². The highest BCUT2D eigenvalue weighted by Gasteiger charge is 2.15. The van der Waals surface area contributed by atoms with Crippen LogP contribution in [0, 0.1) is 29.1 Å². The van der Waals surface area contributed by atoms with E-state index in [1.54, 1.807) is 0 Å². The van der Waals surface area contributed by atoms with Crippen molar-refractivity contribution in [3.05, 3.63) is 0 Å². The molecule has 0 aliphatic rings. The molecule has 0 aromatic heterocycles. The van der Waals surface area contributed by atoms with E-state index in [9.17, 15) is 0 Å². The molecule has 0 rings (SSSR count). The van der Waals surface area contributed by atoms with Crippen molar-refractivity contribution in [3.8, 4) is 0 Å². The Morgan fingerprint density at radius 1 is 0.311 bits per heavy atom. The molecule has 0 aliphatic heterocycles. The summed E-state index contributed by atoms with van der Waals surface area (Å²) in [6.07, 6.45) is 30.7. The molecule has 45 heavy (non-hydrogen) atoms. The van der Waals surface area contributed by atoms with Crippen molar-refractivity contribution in [1.29, 1.82) is 0 Å². The van der Waals surface area contributed by atoms with Gasteiger partial charge in [0.05, 0.1) is 0 Å². The van der Waals surface area contributed by atoms with Gasteiger partial charge in [-0.15, -0.1) is 0 Å². The molecule has 0 aromatic carbocycles. The SMILES string of the molecule is CCC(C)(CC)CC.CCC(C)C.CCCC(C)C.CCCCC.CCCCC(C)C.CCCCCCCCCCCC(C)C. The average Bonchev–Trinajstić information content (AvgIpc) is 3.00. The first-order chi connectivity index (χ1) is 21.2. The minimum atomic E-state index is 0.625. The van der Waals surface area contributed by atoms with Crippen LogP contribution < -0.4 is 0 Å². The van der Waals surface area contributed by atoms with Gasteiger partial charge in [-0.2, -0.15) is 0 Å². The van der Waals surface area contributed by atoms with Crippen LogP contribution in [0.15, 0.2) is 0 Å². The third-order valence-electron chi connectivity index (χ3n) is 8.97. The summed E-state index contributed by atoms with van der Waals surface area (Å²) in [5.41, 5.74) is 0.625. The maximum Gasteiger partial charge on any atom is -0.0334 e. The van der Waals surface area contributed by atoms with Crippen molar-refractivity contribution < 1.29 is 0 Å². The van der Waals surface area contributed by atoms with Crippen LogP contribution in [-0.2, 0) is 0 Å². The summed E-state index contributed by atoms with van der Waals surface area (Å²) in [7, 11) is 0. The van der Waals surface area contributed by atoms with Gasteiger partial charge in [0.25, 0.3) is 0 Å². The number of hydrogen-bond donors (Lipinski definition) is 0. The normalized spacial score (nSPS) is 10.5. The quantitative estimate of drug-likeness (QED) is 0.109. The molecule has 282 valence electrons. The summed E-state index contributed by atoms with van der Waals surface area (Å²) >= 11 is 0. The zero-order valence-electron chi connectivity index (χ0n) is 36.4. The first-order valence-corrected chi connectivity index (χ1v) is 21.2. The number of unbranched alkanes of at least 4 members (excludes halogenated alkanes) is 11. The van der Waals surface area contributed by atoms with E-state index in [1.165, 1.54) is 141 Å². The second-order valence-electron chi connectivity index (χ2n) is 15.8. The van der Waals surface area contributed by atoms with Gasteiger partial charge in [0.2, 0.25) is 0 Å². The maximum absolute atomic E-state index is 2.35. The van der Waals surface area contributed by atoms with E-state index in [2.05, 4.69) is 125 Å². The van der Waals surface area contributed by atoms with Gasteiger partial charge in [-0.05, 0) is 29.1 Å². The molecule has 0 saturated heterocycles. The Morgan fingerprint density at radius 3 is 0.756 bits per heavy atom. The highest BCUT2D eigenvalue weighted by Crippen LogP contribution is 2.28. The van der Waals surface area contributed by atoms with Gasteiger partial charge < -0.3 is 0 Å². The van der Waals surface area contributed by atoms with Crippen molar-refractivity contribution in [2.24, 2.45) is 29.1 Å². The summed E-state index contributed by atoms with van der Waals surface area (Å²) in [6, 6.07) is 0. The van der Waals surface area contributed by atoms with E-state index >= 15 is 0 Å². The van der Waals surface area contributed by atoms with Crippen LogP contribution in [0.1, 0.15) is 266 Å². The maximum atomic E-state index is 2.35. The fraction of sp³-hybridized carbons (Fsp3) is 1.00. The fourth-order valence-corrected chi connectivity index (χ4v) is 4.16. The second-order valence-corrected chi connectivity index (χ2v) is 15.8. The smallest absolute Gasteiger partial charge is 0.0334 e. The Labute approximate surface area is 294 Å². The Morgan fingerprint density at radius 2 is 0.600 bits per heavy atom. The molecular formula is C45H102. The molecule has 0 heterocycles. The number of hydrogen-bond acceptors (Lipinski definition) is 0. The fourth-order valence-electron chi connectivity index (χ4n) is 4.16. The molecule has 0 N–H and O–H groups in total. The van der Waals surface area contributed by atoms with Crippen LogP contribution in [0.5, 0.6) is 0 Å². The van der Waals surface area contributed by atoms with E-state index in [1.807, 2.05) is 0 Å². The van der Waals surface area contributed by atoms with Gasteiger partial charge in [-0.3, -0.25) is 0 Å². The predicted octanol–water partition coefficient (Wildman–Crippen LogP) is 18.3. The highest BCUT2D eigenvalue weighted by molar-refractivity contribution is 4.67. The van der Waals surface area contributed by atoms with Crippen LogP contribution in [0.2, 0.25) is 0 Å². The summed E-state index contributed by atoms with van der Waals surface area (Å²) in [4.78, 5) is 0. The zero-order valence-corrected chi connectivity index (χ0v) is 36.4. The molecule has 0 fully saturated rings. The van der Waals surface area contributed by atoms with Gasteiger partial charge in [0, 0.05) is 0 Å². The van der Waals surface area contributed by atoms with Gasteiger partial charge in [0.15, 0.2) is 0 Å². The minimum Gasteiger partial charge on any atom is -0.0654 e. The van der Waals surface area contributed by atoms with Crippen molar-refractivity contribution in [2.75, 3.05) is 0 Å². The Kier molecular flexibility index (Phi) is 64.7. The molecule has 0 unspecified atom stereocenters. The Hall–Kier alpha value is 0. The standard InChI is InChI=1S/C14H30.C8H18.C7H16.C6H14.2C5H12/c1-4-5-6-7-8-9-10-11-12-13-14(2)3;1-5-8(4,6-2)7-3;1-4-5-6-7(2)3;1-4-5-6(2)3;1-4-5(2)3;1-3-5-4-2/h14H,4-13H2,1-3H3;5-7H2,1-4H3;7H,4-6H2,1-3H3;6H,4-5H2,1-3H3;5H,4H2,1-3H3;3-5H2,1-2H3. The lowest BCUT2D eigenvalue weighted by molar-refractivity contribution is 0.286. The third kappa shape index (κ3) is 80.8. The van der Waals surface area contributed by atoms with Crippen LogP contribution in [-0.4, -0.2) is 0 Å². The van der Waals surface area contributed by atoms with Crippen LogP contribution in [0.4, 0.5) is 0 Å². The van der Waals surface area contributed by atoms with Crippen molar-refractivity contribution in [3.63, 3.8) is 0 Å². The van der Waals surface area contributed by atoms with Gasteiger partial charge in [0.1, 0.15) is 0 Å². The average molecular weight is 643 g/mol. The molecule has 0 bridgehead atoms. The Bertz CT molecular complexity index is 401. The topological polar surface area (TPSA) is 0 Å². The molecule has 0 aliphatic carbocycles. The molecule has 0 nitrogen and oxygen atoms in total. The van der Waals surface area contributed by atoms with E-state index in [4.69, 9.17) is 0 Å². The molecule has 0 spiro atoms. The highest BCUT2D eigenvalue weighted by atomic mass is 14.2. The summed E-state index contributed by atoms with van der Waals surface area (Å²) in [5.74, 6) is 3.59. The summed E-state index contributed by atoms with van der Waals surface area (Å²) < 4.78 is 0. The van der Waals surface area contributed by atoms with E-state index in [0.29, 0.717) is 5.41 Å². The largest absolute Gasteiger partial charge is 0.0654 e. The monoisotopic (exact) mass is 643 g/mol. The Balaban J connectivity index is -0.000000107. The summed E-state index contributed by atoms with van der Waals surface area (Å²) in [5, 5.41) is 0. The number of rotatable bonds is 21. The van der Waals surface area contributed by atoms with Crippen molar-refractivity contribution in [1.82, 2.24) is 0 Å². The molecule has 0 atom stereocenters. The molecule has 0 heteroatoms. The summed E-state index contributed by atoms with van der Waals surface area (Å²) in [6.45, 7) is 40.7. The lowest BCUT2D eigenvalue weighted by Gasteiger charge is -2.23. The lowest BCUT2D eigenvalue weighted by Crippen LogP contribution is -2.10. The van der Waals surface area contributed by atoms with E-state index < -0.39 is 0 Å². The zero-order chi connectivity index (χ0) is 36.4. The second kappa shape index (κ2) is 50.8. The first-order valence-electron chi connectivity index (χ1n) is 21.2. The minimum absolute atomic E-state index is 0.625. The van der Waals surface area contributed by atoms with Crippen LogP contribution in [0.3, 0.4) is 0 Å². The molecule has 0 saturated carbocycles. The van der Waals surface area contributed by atoms with Gasteiger partial charge >= 0.3 is 0 Å². The van der Waals surface area contributed by atoms with Crippen LogP contribution >= 0.6 is 0 Å².